The van der Waals surface area contributed by atoms with E-state index < -0.39 is 30.1 Å². The zero-order valence-corrected chi connectivity index (χ0v) is 35.3. The minimum atomic E-state index is -4.39. The third kappa shape index (κ3) is 12.8. The molecule has 5 aromatic rings. The maximum absolute atomic E-state index is 13.6. The van der Waals surface area contributed by atoms with E-state index in [4.69, 9.17) is 19.8 Å². The fraction of sp³-hybridized carbons (Fsp3) is 0.386. The summed E-state index contributed by atoms with van der Waals surface area (Å²) in [5.41, 5.74) is 5.98. The van der Waals surface area contributed by atoms with E-state index >= 15 is 0 Å². The summed E-state index contributed by atoms with van der Waals surface area (Å²) < 4.78 is 64.8. The average molecular weight is 884 g/mol. The van der Waals surface area contributed by atoms with Crippen molar-refractivity contribution in [2.75, 3.05) is 33.2 Å². The van der Waals surface area contributed by atoms with Crippen LogP contribution in [0.2, 0.25) is 0 Å². The van der Waals surface area contributed by atoms with E-state index in [1.807, 2.05) is 24.3 Å². The smallest absolute Gasteiger partial charge is 0.416 e. The van der Waals surface area contributed by atoms with Crippen LogP contribution in [0.25, 0.3) is 11.1 Å². The molecule has 0 aliphatic heterocycles. The molecule has 332 valence electrons. The van der Waals surface area contributed by atoms with Crippen LogP contribution in [0.5, 0.6) is 0 Å². The first-order valence-corrected chi connectivity index (χ1v) is 20.9. The molecule has 3 aromatic carbocycles. The summed E-state index contributed by atoms with van der Waals surface area (Å²) in [4.78, 5) is 41.5. The predicted molar refractivity (Wildman–Crippen MR) is 223 cm³/mol. The molecule has 0 spiro atoms. The molecule has 1 aliphatic carbocycles. The van der Waals surface area contributed by atoms with Gasteiger partial charge in [0.2, 0.25) is 12.4 Å². The summed E-state index contributed by atoms with van der Waals surface area (Å²) in [6, 6.07) is 19.3. The van der Waals surface area contributed by atoms with Crippen molar-refractivity contribution in [2.45, 2.75) is 82.1 Å². The number of likely N-dealkylation sites (N-methyl/N-ethyl adjacent to an activating group) is 2. The number of carbonyl (C=O) groups is 2. The van der Waals surface area contributed by atoms with Crippen molar-refractivity contribution in [1.82, 2.24) is 24.5 Å². The van der Waals surface area contributed by atoms with Crippen molar-refractivity contribution < 1.29 is 51.7 Å². The Kier molecular flexibility index (Phi) is 17.0. The first-order valence-electron chi connectivity index (χ1n) is 19.9. The number of carboxylic acids is 1. The second kappa shape index (κ2) is 22.1. The molecule has 2 heterocycles. The first kappa shape index (κ1) is 47.6. The third-order valence-electron chi connectivity index (χ3n) is 10.4. The molecule has 2 aromatic heterocycles. The van der Waals surface area contributed by atoms with Gasteiger partial charge >= 0.3 is 12.1 Å². The quantitative estimate of drug-likeness (QED) is 0.0283. The molecule has 62 heavy (non-hydrogen) atoms. The number of thioether (sulfide) groups is 1. The van der Waals surface area contributed by atoms with Gasteiger partial charge in [0.25, 0.3) is 12.0 Å². The van der Waals surface area contributed by atoms with Crippen LogP contribution in [-0.4, -0.2) is 97.9 Å². The number of rotatable bonds is 19. The van der Waals surface area contributed by atoms with Gasteiger partial charge in [0.1, 0.15) is 11.5 Å². The molecule has 6 rings (SSSR count). The first-order chi connectivity index (χ1) is 29.6. The van der Waals surface area contributed by atoms with Gasteiger partial charge in [0.15, 0.2) is 10.9 Å². The Morgan fingerprint density at radius 2 is 1.60 bits per heavy atom. The van der Waals surface area contributed by atoms with Gasteiger partial charge in [-0.3, -0.25) is 14.5 Å². The minimum Gasteiger partial charge on any atom is -0.479 e. The molecule has 2 atom stereocenters. The maximum atomic E-state index is 13.6. The highest BCUT2D eigenvalue weighted by Crippen LogP contribution is 2.32. The fourth-order valence-electron chi connectivity index (χ4n) is 6.87. The third-order valence-corrected chi connectivity index (χ3v) is 11.5. The lowest BCUT2D eigenvalue weighted by Crippen LogP contribution is -2.35. The fourth-order valence-corrected chi connectivity index (χ4v) is 7.83. The van der Waals surface area contributed by atoms with E-state index in [1.165, 1.54) is 36.0 Å². The van der Waals surface area contributed by atoms with Gasteiger partial charge in [-0.15, -0.1) is 0 Å². The topological polar surface area (TPSA) is 171 Å². The summed E-state index contributed by atoms with van der Waals surface area (Å²) in [5.74, 6) is -0.682. The zero-order valence-electron chi connectivity index (χ0n) is 34.5. The zero-order chi connectivity index (χ0) is 45.0. The molecule has 0 radical (unpaired) electrons. The van der Waals surface area contributed by atoms with Gasteiger partial charge in [0.05, 0.1) is 18.7 Å². The largest absolute Gasteiger partial charge is 0.479 e. The van der Waals surface area contributed by atoms with Crippen molar-refractivity contribution in [3.8, 4) is 11.1 Å². The maximum Gasteiger partial charge on any atom is 0.416 e. The number of fused-ring (bicyclic) bond motifs is 1. The van der Waals surface area contributed by atoms with Crippen LogP contribution in [0.3, 0.4) is 0 Å². The molecule has 18 heteroatoms. The number of aliphatic hydroxyl groups excluding tert-OH is 2. The van der Waals surface area contributed by atoms with Gasteiger partial charge in [-0.05, 0) is 85.9 Å². The number of alkyl halides is 3. The predicted octanol–water partition coefficient (Wildman–Crippen LogP) is 6.17. The van der Waals surface area contributed by atoms with Crippen molar-refractivity contribution >= 4 is 24.2 Å². The standard InChI is InChI=1S/C40H43F4N5O2S.C4H6O6/c1-4-48(5-2)22-21-47(3)25-37-34(23-27-9-13-29(14-10-27)30-15-17-31(18-16-30)40(42,43)44)35(46-51-37)24-49-36-8-6-7-33(36)38(50)45-39(49)52-26-28-11-19-32(41)20-12-28;5-1-10-4(9)2(6)3(7)8/h9-20H,4-8,21-26H2,1-3H3;1-2,4,6,9H,(H,7,8). The molecule has 2 unspecified atom stereocenters. The summed E-state index contributed by atoms with van der Waals surface area (Å²) in [5, 5.41) is 30.0. The number of nitrogens with zero attached hydrogens (tertiary/aromatic N) is 5. The van der Waals surface area contributed by atoms with E-state index in [0.717, 1.165) is 96.1 Å². The summed E-state index contributed by atoms with van der Waals surface area (Å²) >= 11 is 1.44. The lowest BCUT2D eigenvalue weighted by atomic mass is 9.98. The molecule has 0 bridgehead atoms. The van der Waals surface area contributed by atoms with Crippen LogP contribution in [0, 0.1) is 5.82 Å². The van der Waals surface area contributed by atoms with E-state index in [0.29, 0.717) is 42.4 Å². The Labute approximate surface area is 359 Å². The Balaban J connectivity index is 0.000000646. The van der Waals surface area contributed by atoms with Gasteiger partial charge < -0.3 is 34.0 Å². The van der Waals surface area contributed by atoms with E-state index in [9.17, 15) is 31.9 Å². The number of ether oxygens (including phenoxy) is 1. The van der Waals surface area contributed by atoms with Crippen LogP contribution in [-0.2, 0) is 58.6 Å². The van der Waals surface area contributed by atoms with E-state index in [2.05, 4.69) is 50.1 Å². The number of hydrogen-bond donors (Lipinski definition) is 3. The number of hydrogen-bond acceptors (Lipinski definition) is 12. The number of halogens is 4. The second-order valence-corrected chi connectivity index (χ2v) is 15.6. The highest BCUT2D eigenvalue weighted by atomic mass is 32.2. The van der Waals surface area contributed by atoms with Crippen LogP contribution in [0.4, 0.5) is 17.6 Å². The number of carbonyl (C=O) groups excluding carboxylic acids is 1. The number of benzene rings is 3. The second-order valence-electron chi connectivity index (χ2n) is 14.6. The van der Waals surface area contributed by atoms with Crippen molar-refractivity contribution in [1.29, 1.82) is 0 Å². The lowest BCUT2D eigenvalue weighted by Gasteiger charge is -2.22. The molecular weight excluding hydrogens is 835 g/mol. The van der Waals surface area contributed by atoms with Crippen LogP contribution in [0.1, 0.15) is 65.2 Å². The Morgan fingerprint density at radius 3 is 2.19 bits per heavy atom. The summed E-state index contributed by atoms with van der Waals surface area (Å²) in [6.45, 7) is 8.80. The Hall–Kier alpha value is -5.40. The minimum absolute atomic E-state index is 0.156. The number of aliphatic carboxylic acids is 1. The molecular formula is C44H49F4N5O8S. The number of aliphatic hydroxyl groups is 2. The van der Waals surface area contributed by atoms with Crippen LogP contribution >= 0.6 is 11.8 Å². The molecule has 3 N–H and O–H groups in total. The Bertz CT molecular complexity index is 2300. The lowest BCUT2D eigenvalue weighted by molar-refractivity contribution is -0.185. The monoisotopic (exact) mass is 883 g/mol. The normalized spacial score (nSPS) is 13.4. The SMILES string of the molecule is CCN(CC)CCN(C)Cc1onc(Cn2c(SCc3ccc(F)cc3)nc(=O)c3c2CCC3)c1Cc1ccc(-c2ccc(C(F)(F)F)cc2)cc1.O=COC(O)C(O)C(=O)O. The highest BCUT2D eigenvalue weighted by molar-refractivity contribution is 7.98. The molecule has 0 amide bonds. The van der Waals surface area contributed by atoms with Gasteiger partial charge in [-0.2, -0.15) is 18.2 Å². The molecule has 0 saturated carbocycles. The summed E-state index contributed by atoms with van der Waals surface area (Å²) in [6.07, 6.45) is -5.64. The molecule has 0 fully saturated rings. The number of carboxylic acid groups (broad SMARTS) is 1. The van der Waals surface area contributed by atoms with Gasteiger partial charge in [0, 0.05) is 42.1 Å². The van der Waals surface area contributed by atoms with Crippen molar-refractivity contribution in [3.05, 3.63) is 134 Å². The molecule has 13 nitrogen and oxygen atoms in total. The van der Waals surface area contributed by atoms with Gasteiger partial charge in [-0.1, -0.05) is 79.3 Å². The number of aromatic nitrogens is 3. The van der Waals surface area contributed by atoms with Crippen molar-refractivity contribution in [2.24, 2.45) is 0 Å². The molecule has 1 aliphatic rings. The van der Waals surface area contributed by atoms with E-state index in [-0.39, 0.29) is 17.8 Å². The van der Waals surface area contributed by atoms with Gasteiger partial charge in [-0.25, -0.2) is 9.18 Å². The summed E-state index contributed by atoms with van der Waals surface area (Å²) in [7, 11) is 2.07. The Morgan fingerprint density at radius 1 is 0.968 bits per heavy atom. The van der Waals surface area contributed by atoms with Crippen LogP contribution < -0.4 is 5.56 Å². The molecule has 0 saturated heterocycles. The highest BCUT2D eigenvalue weighted by Gasteiger charge is 2.30. The van der Waals surface area contributed by atoms with Crippen LogP contribution in [0.15, 0.2) is 87.3 Å². The van der Waals surface area contributed by atoms with Crippen molar-refractivity contribution in [3.63, 3.8) is 0 Å². The van der Waals surface area contributed by atoms with E-state index in [1.54, 1.807) is 12.1 Å². The average Bonchev–Trinajstić information content (AvgIpc) is 3.90.